The number of carbonyl (C=O) groups is 1. The summed E-state index contributed by atoms with van der Waals surface area (Å²) in [5.41, 5.74) is 1.32. The summed E-state index contributed by atoms with van der Waals surface area (Å²) >= 11 is 3.37. The van der Waals surface area contributed by atoms with Crippen LogP contribution in [0.5, 0.6) is 5.88 Å². The third-order valence-electron chi connectivity index (χ3n) is 4.45. The van der Waals surface area contributed by atoms with Crippen molar-refractivity contribution >= 4 is 38.9 Å². The summed E-state index contributed by atoms with van der Waals surface area (Å²) in [5, 5.41) is 32.1. The van der Waals surface area contributed by atoms with Crippen LogP contribution in [-0.2, 0) is 16.1 Å². The zero-order valence-electron chi connectivity index (χ0n) is 15.6. The molecule has 1 fully saturated rings. The van der Waals surface area contributed by atoms with Gasteiger partial charge in [-0.2, -0.15) is 9.97 Å². The van der Waals surface area contributed by atoms with Crippen LogP contribution in [-0.4, -0.2) is 59.2 Å². The summed E-state index contributed by atoms with van der Waals surface area (Å²) in [6.45, 7) is 1.50. The minimum atomic E-state index is -1.56. The normalized spacial score (nSPS) is 23.6. The Balaban J connectivity index is 1.71. The van der Waals surface area contributed by atoms with Crippen molar-refractivity contribution in [2.75, 3.05) is 5.32 Å². The van der Waals surface area contributed by atoms with Gasteiger partial charge in [0.1, 0.15) is 18.8 Å². The molecule has 30 heavy (non-hydrogen) atoms. The smallest absolute Gasteiger partial charge is 0.247 e. The first-order valence-corrected chi connectivity index (χ1v) is 9.72. The first-order chi connectivity index (χ1) is 14.3. The largest absolute Gasteiger partial charge is 0.471 e. The number of aliphatic hydroxyl groups is 3. The second-order valence-corrected chi connectivity index (χ2v) is 7.59. The average Bonchev–Trinajstić information content (AvgIpc) is 3.23. The topological polar surface area (TPSA) is 152 Å². The second-order valence-electron chi connectivity index (χ2n) is 6.67. The van der Waals surface area contributed by atoms with Crippen LogP contribution in [0.25, 0.3) is 11.2 Å². The molecule has 3 heterocycles. The van der Waals surface area contributed by atoms with Crippen molar-refractivity contribution in [3.63, 3.8) is 0 Å². The van der Waals surface area contributed by atoms with Crippen LogP contribution in [0.15, 0.2) is 35.1 Å². The molecule has 1 amide bonds. The molecule has 1 aromatic carbocycles. The van der Waals surface area contributed by atoms with Gasteiger partial charge in [0.2, 0.25) is 17.7 Å². The quantitative estimate of drug-likeness (QED) is 0.414. The lowest BCUT2D eigenvalue weighted by atomic mass is 10.2. The van der Waals surface area contributed by atoms with Crippen LogP contribution in [0.1, 0.15) is 18.7 Å². The maximum absolute atomic E-state index is 11.5. The Bertz CT molecular complexity index is 1070. The van der Waals surface area contributed by atoms with E-state index in [0.717, 1.165) is 10.0 Å². The predicted molar refractivity (Wildman–Crippen MR) is 106 cm³/mol. The van der Waals surface area contributed by atoms with Crippen LogP contribution in [0.2, 0.25) is 0 Å². The van der Waals surface area contributed by atoms with Gasteiger partial charge in [-0.15, -0.1) is 0 Å². The number of imidazole rings is 1. The Morgan fingerprint density at radius 3 is 2.60 bits per heavy atom. The lowest BCUT2D eigenvalue weighted by Gasteiger charge is -2.16. The summed E-state index contributed by atoms with van der Waals surface area (Å²) in [6, 6.07) is 7.50. The van der Waals surface area contributed by atoms with Crippen molar-refractivity contribution < 1.29 is 29.6 Å². The Labute approximate surface area is 178 Å². The highest BCUT2D eigenvalue weighted by molar-refractivity contribution is 9.10. The number of rotatable bonds is 5. The van der Waals surface area contributed by atoms with Crippen molar-refractivity contribution in [2.45, 2.75) is 38.3 Å². The fourth-order valence-electron chi connectivity index (χ4n) is 2.99. The molecule has 0 unspecified atom stereocenters. The molecule has 12 heteroatoms. The summed E-state index contributed by atoms with van der Waals surface area (Å²) < 4.78 is 13.3. The molecule has 0 radical (unpaired) electrons. The maximum Gasteiger partial charge on any atom is 0.247 e. The summed E-state index contributed by atoms with van der Waals surface area (Å²) in [7, 11) is 0. The van der Waals surface area contributed by atoms with E-state index in [0.29, 0.717) is 0 Å². The van der Waals surface area contributed by atoms with E-state index in [2.05, 4.69) is 36.2 Å². The lowest BCUT2D eigenvalue weighted by Crippen LogP contribution is -2.31. The first kappa shape index (κ1) is 20.6. The number of amides is 1. The molecule has 1 aliphatic heterocycles. The number of halogens is 1. The molecule has 4 N–H and O–H groups in total. The van der Waals surface area contributed by atoms with Gasteiger partial charge in [0.15, 0.2) is 23.7 Å². The van der Waals surface area contributed by atoms with E-state index in [-0.39, 0.29) is 35.5 Å². The van der Waals surface area contributed by atoms with E-state index < -0.39 is 24.7 Å². The fourth-order valence-corrected chi connectivity index (χ4v) is 3.26. The van der Waals surface area contributed by atoms with Gasteiger partial charge >= 0.3 is 0 Å². The van der Waals surface area contributed by atoms with E-state index in [1.165, 1.54) is 17.8 Å². The highest BCUT2D eigenvalue weighted by atomic mass is 79.9. The SMILES string of the molecule is CC(=O)Nc1nc(OCc2ccc(Br)cc2)c2ncn([C@@H]3O[C@H](O)[C@@H](O)[C@H]3O)c2n1. The number of hydrogen-bond acceptors (Lipinski definition) is 9. The van der Waals surface area contributed by atoms with Crippen molar-refractivity contribution in [3.05, 3.63) is 40.6 Å². The molecular weight excluding hydrogens is 462 g/mol. The minimum Gasteiger partial charge on any atom is -0.471 e. The summed E-state index contributed by atoms with van der Waals surface area (Å²) in [5.74, 6) is -0.308. The number of benzene rings is 1. The van der Waals surface area contributed by atoms with Crippen molar-refractivity contribution in [3.8, 4) is 5.88 Å². The van der Waals surface area contributed by atoms with Crippen molar-refractivity contribution in [1.29, 1.82) is 0 Å². The molecule has 1 saturated heterocycles. The number of fused-ring (bicyclic) bond motifs is 1. The van der Waals surface area contributed by atoms with Crippen LogP contribution in [0, 0.1) is 0 Å². The number of hydrogen-bond donors (Lipinski definition) is 4. The van der Waals surface area contributed by atoms with Crippen molar-refractivity contribution in [1.82, 2.24) is 19.5 Å². The van der Waals surface area contributed by atoms with Gasteiger partial charge in [0.25, 0.3) is 0 Å². The maximum atomic E-state index is 11.5. The number of aliphatic hydroxyl groups excluding tert-OH is 3. The molecule has 0 saturated carbocycles. The number of aromatic nitrogens is 4. The monoisotopic (exact) mass is 479 g/mol. The summed E-state index contributed by atoms with van der Waals surface area (Å²) in [4.78, 5) is 24.2. The number of anilines is 1. The molecular formula is C18H18BrN5O6. The third-order valence-corrected chi connectivity index (χ3v) is 4.98. The second kappa shape index (κ2) is 8.24. The van der Waals surface area contributed by atoms with Gasteiger partial charge in [0, 0.05) is 11.4 Å². The van der Waals surface area contributed by atoms with Gasteiger partial charge in [-0.05, 0) is 17.7 Å². The molecule has 4 atom stereocenters. The van der Waals surface area contributed by atoms with E-state index in [1.807, 2.05) is 24.3 Å². The number of nitrogens with one attached hydrogen (secondary N) is 1. The summed E-state index contributed by atoms with van der Waals surface area (Å²) in [6.07, 6.45) is -4.28. The highest BCUT2D eigenvalue weighted by Gasteiger charge is 2.43. The lowest BCUT2D eigenvalue weighted by molar-refractivity contribution is -0.141. The van der Waals surface area contributed by atoms with E-state index in [9.17, 15) is 20.1 Å². The number of carbonyl (C=O) groups excluding carboxylic acids is 1. The molecule has 2 aromatic heterocycles. The van der Waals surface area contributed by atoms with Gasteiger partial charge in [-0.1, -0.05) is 28.1 Å². The molecule has 1 aliphatic rings. The molecule has 158 valence electrons. The average molecular weight is 480 g/mol. The van der Waals surface area contributed by atoms with Crippen molar-refractivity contribution in [2.24, 2.45) is 0 Å². The molecule has 4 rings (SSSR count). The molecule has 11 nitrogen and oxygen atoms in total. The Hall–Kier alpha value is -2.64. The molecule has 3 aromatic rings. The standard InChI is InChI=1S/C18H18BrN5O6/c1-8(25)21-18-22-14-11(15(23-18)29-6-9-2-4-10(19)5-3-9)20-7-24(14)16-12(26)13(27)17(28)30-16/h2-5,7,12-13,16-17,26-28H,6H2,1H3,(H,21,22,23,25)/t12-,13+,16-,17+/m1/s1. The Morgan fingerprint density at radius 1 is 1.23 bits per heavy atom. The zero-order valence-corrected chi connectivity index (χ0v) is 17.2. The van der Waals surface area contributed by atoms with Crippen LogP contribution in [0.4, 0.5) is 5.95 Å². The van der Waals surface area contributed by atoms with Crippen LogP contribution >= 0.6 is 15.9 Å². The highest BCUT2D eigenvalue weighted by Crippen LogP contribution is 2.32. The van der Waals surface area contributed by atoms with Crippen LogP contribution in [0.3, 0.4) is 0 Å². The van der Waals surface area contributed by atoms with Crippen LogP contribution < -0.4 is 10.1 Å². The van der Waals surface area contributed by atoms with Gasteiger partial charge in [-0.3, -0.25) is 14.7 Å². The third kappa shape index (κ3) is 4.00. The first-order valence-electron chi connectivity index (χ1n) is 8.92. The van der Waals surface area contributed by atoms with Gasteiger partial charge in [0.05, 0.1) is 6.33 Å². The molecule has 0 spiro atoms. The number of nitrogens with zero attached hydrogens (tertiary/aromatic N) is 4. The zero-order chi connectivity index (χ0) is 21.4. The van der Waals surface area contributed by atoms with Gasteiger partial charge in [-0.25, -0.2) is 4.98 Å². The minimum absolute atomic E-state index is 0.0314. The number of ether oxygens (including phenoxy) is 2. The fraction of sp³-hybridized carbons (Fsp3) is 0.333. The predicted octanol–water partition coefficient (Wildman–Crippen LogP) is 0.695. The van der Waals surface area contributed by atoms with Gasteiger partial charge < -0.3 is 24.8 Å². The van der Waals surface area contributed by atoms with E-state index >= 15 is 0 Å². The molecule has 0 aliphatic carbocycles. The Morgan fingerprint density at radius 2 is 1.97 bits per heavy atom. The Kier molecular flexibility index (Phi) is 5.66. The van der Waals surface area contributed by atoms with E-state index in [4.69, 9.17) is 9.47 Å². The van der Waals surface area contributed by atoms with E-state index in [1.54, 1.807) is 0 Å². The molecule has 0 bridgehead atoms.